The van der Waals surface area contributed by atoms with Gasteiger partial charge in [-0.1, -0.05) is 0 Å². The molecule has 3 rings (SSSR count). The summed E-state index contributed by atoms with van der Waals surface area (Å²) < 4.78 is 30.7. The van der Waals surface area contributed by atoms with Crippen LogP contribution >= 0.6 is 27.5 Å². The third-order valence-corrected chi connectivity index (χ3v) is 7.44. The fraction of sp³-hybridized carbons (Fsp3) is 0.750. The van der Waals surface area contributed by atoms with E-state index in [2.05, 4.69) is 25.6 Å². The molecule has 0 amide bonds. The molecule has 0 bridgehead atoms. The molecule has 0 spiro atoms. The molecule has 1 aliphatic heterocycles. The Morgan fingerprint density at radius 1 is 1.55 bits per heavy atom. The summed E-state index contributed by atoms with van der Waals surface area (Å²) >= 11 is 4.92. The number of rotatable bonds is 6. The topological polar surface area (TPSA) is 62.3 Å². The lowest BCUT2D eigenvalue weighted by Crippen LogP contribution is -2.42. The summed E-state index contributed by atoms with van der Waals surface area (Å²) in [5.74, 6) is 0.931. The van der Waals surface area contributed by atoms with Crippen molar-refractivity contribution in [2.24, 2.45) is 5.92 Å². The molecule has 8 heteroatoms. The van der Waals surface area contributed by atoms with E-state index in [-0.39, 0.29) is 6.04 Å². The van der Waals surface area contributed by atoms with Crippen molar-refractivity contribution in [3.8, 4) is 0 Å². The fourth-order valence-corrected chi connectivity index (χ4v) is 5.15. The number of hydrogen-bond acceptors (Lipinski definition) is 5. The van der Waals surface area contributed by atoms with Crippen molar-refractivity contribution in [2.45, 2.75) is 31.8 Å². The van der Waals surface area contributed by atoms with E-state index in [1.165, 1.54) is 24.4 Å². The minimum Gasteiger partial charge on any atom is -0.308 e. The van der Waals surface area contributed by atoms with Gasteiger partial charge in [0.2, 0.25) is 10.0 Å². The van der Waals surface area contributed by atoms with Gasteiger partial charge in [-0.25, -0.2) is 12.7 Å². The van der Waals surface area contributed by atoms with Crippen LogP contribution in [0.1, 0.15) is 24.8 Å². The number of halogens is 1. The standard InChI is InChI=1S/C12H18BrN3O2S2/c13-12-10(7-15-19-12)6-14-11(9-2-3-9)8-16-4-1-5-20(16,17)18/h7,9,11,14H,1-6,8H2. The van der Waals surface area contributed by atoms with Crippen molar-refractivity contribution in [1.29, 1.82) is 0 Å². The molecule has 1 aromatic rings. The molecule has 2 heterocycles. The van der Waals surface area contributed by atoms with Gasteiger partial charge in [0.25, 0.3) is 0 Å². The van der Waals surface area contributed by atoms with Crippen LogP contribution in [0.3, 0.4) is 0 Å². The van der Waals surface area contributed by atoms with Crippen molar-refractivity contribution in [3.63, 3.8) is 0 Å². The Balaban J connectivity index is 1.60. The van der Waals surface area contributed by atoms with Crippen LogP contribution in [0.5, 0.6) is 0 Å². The number of sulfonamides is 1. The van der Waals surface area contributed by atoms with Gasteiger partial charge in [-0.05, 0) is 52.6 Å². The highest BCUT2D eigenvalue weighted by Gasteiger charge is 2.36. The minimum absolute atomic E-state index is 0.259. The van der Waals surface area contributed by atoms with Crippen LogP contribution in [0.15, 0.2) is 9.98 Å². The van der Waals surface area contributed by atoms with E-state index in [4.69, 9.17) is 0 Å². The summed E-state index contributed by atoms with van der Waals surface area (Å²) in [7, 11) is -2.99. The van der Waals surface area contributed by atoms with Crippen molar-refractivity contribution in [3.05, 3.63) is 15.5 Å². The molecule has 0 radical (unpaired) electrons. The normalized spacial score (nSPS) is 24.1. The Hall–Kier alpha value is -0.0200. The zero-order valence-corrected chi connectivity index (χ0v) is 14.3. The highest BCUT2D eigenvalue weighted by Crippen LogP contribution is 2.34. The lowest BCUT2D eigenvalue weighted by Gasteiger charge is -2.23. The van der Waals surface area contributed by atoms with Gasteiger partial charge in [0, 0.05) is 37.4 Å². The van der Waals surface area contributed by atoms with Crippen molar-refractivity contribution >= 4 is 37.5 Å². The maximum absolute atomic E-state index is 11.9. The van der Waals surface area contributed by atoms with Gasteiger partial charge in [0.1, 0.15) is 0 Å². The van der Waals surface area contributed by atoms with Gasteiger partial charge < -0.3 is 5.32 Å². The average Bonchev–Trinajstić information content (AvgIpc) is 3.08. The molecule has 5 nitrogen and oxygen atoms in total. The molecular weight excluding hydrogens is 362 g/mol. The minimum atomic E-state index is -2.99. The quantitative estimate of drug-likeness (QED) is 0.818. The zero-order chi connectivity index (χ0) is 14.2. The maximum atomic E-state index is 11.9. The summed E-state index contributed by atoms with van der Waals surface area (Å²) in [4.78, 5) is 0. The smallest absolute Gasteiger partial charge is 0.214 e. The first-order chi connectivity index (χ1) is 9.56. The van der Waals surface area contributed by atoms with Gasteiger partial charge in [-0.2, -0.15) is 4.37 Å². The predicted octanol–water partition coefficient (Wildman–Crippen LogP) is 1.81. The van der Waals surface area contributed by atoms with Crippen LogP contribution in [0.4, 0.5) is 0 Å². The van der Waals surface area contributed by atoms with Crippen molar-refractivity contribution in [2.75, 3.05) is 18.8 Å². The second-order valence-electron chi connectivity index (χ2n) is 5.48. The van der Waals surface area contributed by atoms with Crippen molar-refractivity contribution in [1.82, 2.24) is 14.0 Å². The fourth-order valence-electron chi connectivity index (χ4n) is 2.60. The summed E-state index contributed by atoms with van der Waals surface area (Å²) in [6.45, 7) is 2.03. The third-order valence-electron chi connectivity index (χ3n) is 3.94. The highest BCUT2D eigenvalue weighted by molar-refractivity contribution is 9.11. The molecule has 1 aliphatic carbocycles. The first-order valence-corrected chi connectivity index (χ1v) is 10.0. The van der Waals surface area contributed by atoms with Gasteiger partial charge >= 0.3 is 0 Å². The molecule has 1 saturated heterocycles. The van der Waals surface area contributed by atoms with E-state index in [1.807, 2.05) is 6.20 Å². The van der Waals surface area contributed by atoms with Gasteiger partial charge in [-0.3, -0.25) is 0 Å². The van der Waals surface area contributed by atoms with Crippen LogP contribution in [-0.4, -0.2) is 42.0 Å². The number of aromatic nitrogens is 1. The van der Waals surface area contributed by atoms with Crippen LogP contribution in [0.2, 0.25) is 0 Å². The van der Waals surface area contributed by atoms with E-state index in [1.54, 1.807) is 4.31 Å². The van der Waals surface area contributed by atoms with Gasteiger partial charge in [-0.15, -0.1) is 0 Å². The third kappa shape index (κ3) is 3.41. The molecule has 0 aromatic carbocycles. The number of nitrogens with one attached hydrogen (secondary N) is 1. The highest BCUT2D eigenvalue weighted by atomic mass is 79.9. The molecule has 1 aromatic heterocycles. The molecule has 112 valence electrons. The van der Waals surface area contributed by atoms with E-state index in [9.17, 15) is 8.42 Å². The van der Waals surface area contributed by atoms with Crippen LogP contribution < -0.4 is 5.32 Å². The second kappa shape index (κ2) is 6.00. The molecule has 1 saturated carbocycles. The van der Waals surface area contributed by atoms with Crippen LogP contribution in [0, 0.1) is 5.92 Å². The Kier molecular flexibility index (Phi) is 4.47. The van der Waals surface area contributed by atoms with Crippen LogP contribution in [-0.2, 0) is 16.6 Å². The number of nitrogens with zero attached hydrogens (tertiary/aromatic N) is 2. The second-order valence-corrected chi connectivity index (χ2v) is 9.69. The van der Waals surface area contributed by atoms with Gasteiger partial charge in [0.15, 0.2) is 0 Å². The maximum Gasteiger partial charge on any atom is 0.214 e. The summed E-state index contributed by atoms with van der Waals surface area (Å²) in [6.07, 6.45) is 5.03. The zero-order valence-electron chi connectivity index (χ0n) is 11.1. The van der Waals surface area contributed by atoms with E-state index >= 15 is 0 Å². The summed E-state index contributed by atoms with van der Waals surface area (Å²) in [5, 5.41) is 3.52. The Bertz CT molecular complexity index is 571. The Morgan fingerprint density at radius 2 is 2.35 bits per heavy atom. The number of hydrogen-bond donors (Lipinski definition) is 1. The summed E-state index contributed by atoms with van der Waals surface area (Å²) in [5.41, 5.74) is 1.14. The Morgan fingerprint density at radius 3 is 2.90 bits per heavy atom. The van der Waals surface area contributed by atoms with Crippen LogP contribution in [0.25, 0.3) is 0 Å². The SMILES string of the molecule is O=S1(=O)CCCN1CC(NCc1cnsc1Br)C1CC1. The van der Waals surface area contributed by atoms with Gasteiger partial charge in [0.05, 0.1) is 9.54 Å². The molecular formula is C12H18BrN3O2S2. The summed E-state index contributed by atoms with van der Waals surface area (Å²) in [6, 6.07) is 0.259. The lowest BCUT2D eigenvalue weighted by molar-refractivity contribution is 0.346. The molecule has 2 fully saturated rings. The molecule has 2 aliphatic rings. The monoisotopic (exact) mass is 379 g/mol. The van der Waals surface area contributed by atoms with E-state index in [0.717, 1.165) is 22.3 Å². The predicted molar refractivity (Wildman–Crippen MR) is 83.1 cm³/mol. The lowest BCUT2D eigenvalue weighted by atomic mass is 10.1. The Labute approximate surface area is 132 Å². The van der Waals surface area contributed by atoms with E-state index < -0.39 is 10.0 Å². The molecule has 1 unspecified atom stereocenters. The molecule has 1 N–H and O–H groups in total. The average molecular weight is 380 g/mol. The first kappa shape index (κ1) is 14.9. The largest absolute Gasteiger partial charge is 0.308 e. The van der Waals surface area contributed by atoms with E-state index in [0.29, 0.717) is 24.8 Å². The first-order valence-electron chi connectivity index (χ1n) is 6.86. The van der Waals surface area contributed by atoms with Crippen molar-refractivity contribution < 1.29 is 8.42 Å². The molecule has 1 atom stereocenters. The molecule has 20 heavy (non-hydrogen) atoms.